The molecule has 0 aliphatic carbocycles. The first-order valence-corrected chi connectivity index (χ1v) is 12.8. The monoisotopic (exact) mass is 535 g/mol. The number of likely N-dealkylation sites (N-methyl/N-ethyl adjacent to an activating group) is 1. The number of nitrogens with zero attached hydrogens (tertiary/aromatic N) is 3. The lowest BCUT2D eigenvalue weighted by Crippen LogP contribution is -2.47. The maximum absolute atomic E-state index is 13.0. The van der Waals surface area contributed by atoms with Crippen LogP contribution >= 0.6 is 15.9 Å². The molecule has 1 aliphatic heterocycles. The van der Waals surface area contributed by atoms with Gasteiger partial charge < -0.3 is 20.3 Å². The molecule has 11 heteroatoms. The zero-order valence-corrected chi connectivity index (χ0v) is 21.0. The molecule has 2 aromatic heterocycles. The Morgan fingerprint density at radius 1 is 1.21 bits per heavy atom. The number of aromatic amines is 1. The Labute approximate surface area is 201 Å². The number of amides is 1. The quantitative estimate of drug-likeness (QED) is 0.462. The highest BCUT2D eigenvalue weighted by Gasteiger charge is 2.28. The van der Waals surface area contributed by atoms with Crippen molar-refractivity contribution in [3.63, 3.8) is 0 Å². The average molecular weight is 536 g/mol. The van der Waals surface area contributed by atoms with E-state index in [2.05, 4.69) is 36.1 Å². The van der Waals surface area contributed by atoms with Gasteiger partial charge in [-0.2, -0.15) is 4.31 Å². The minimum absolute atomic E-state index is 0.0318. The highest BCUT2D eigenvalue weighted by atomic mass is 79.9. The largest absolute Gasteiger partial charge is 0.494 e. The van der Waals surface area contributed by atoms with Gasteiger partial charge in [-0.25, -0.2) is 8.42 Å². The molecule has 9 nitrogen and oxygen atoms in total. The second-order valence-electron chi connectivity index (χ2n) is 8.44. The fourth-order valence-electron chi connectivity index (χ4n) is 3.83. The average Bonchev–Trinajstić information content (AvgIpc) is 3.07. The lowest BCUT2D eigenvalue weighted by Gasteiger charge is -2.31. The highest BCUT2D eigenvalue weighted by Crippen LogP contribution is 2.38. The molecular formula is C22H26BrN5O4S. The highest BCUT2D eigenvalue weighted by molar-refractivity contribution is 9.10. The summed E-state index contributed by atoms with van der Waals surface area (Å²) in [5.74, 6) is -0.354. The Bertz CT molecular complexity index is 1300. The summed E-state index contributed by atoms with van der Waals surface area (Å²) in [5.41, 5.74) is 1.84. The van der Waals surface area contributed by atoms with Crippen molar-refractivity contribution in [1.82, 2.24) is 24.5 Å². The number of piperazine rings is 1. The molecule has 33 heavy (non-hydrogen) atoms. The molecule has 1 aromatic carbocycles. The maximum Gasteiger partial charge on any atom is 0.252 e. The number of H-pyrrole nitrogens is 1. The number of halogens is 1. The molecule has 176 valence electrons. The van der Waals surface area contributed by atoms with Gasteiger partial charge in [0, 0.05) is 48.3 Å². The van der Waals surface area contributed by atoms with Crippen LogP contribution in [0.4, 0.5) is 0 Å². The van der Waals surface area contributed by atoms with Gasteiger partial charge in [0.25, 0.3) is 5.91 Å². The molecule has 0 radical (unpaired) electrons. The van der Waals surface area contributed by atoms with Crippen LogP contribution in [0.15, 0.2) is 39.8 Å². The number of sulfonamides is 1. The number of carbonyl (C=O) groups is 1. The van der Waals surface area contributed by atoms with E-state index in [-0.39, 0.29) is 22.7 Å². The van der Waals surface area contributed by atoms with Crippen LogP contribution in [0.3, 0.4) is 0 Å². The van der Waals surface area contributed by atoms with E-state index in [1.165, 1.54) is 16.6 Å². The fraction of sp³-hybridized carbons (Fsp3) is 0.364. The van der Waals surface area contributed by atoms with Gasteiger partial charge in [0.2, 0.25) is 10.0 Å². The number of hydrogen-bond donors (Lipinski definition) is 3. The number of nitrogens with one attached hydrogen (secondary N) is 2. The van der Waals surface area contributed by atoms with E-state index >= 15 is 0 Å². The Kier molecular flexibility index (Phi) is 6.50. The smallest absolute Gasteiger partial charge is 0.252 e. The topological polar surface area (TPSA) is 119 Å². The number of aromatic hydroxyl groups is 1. The summed E-state index contributed by atoms with van der Waals surface area (Å²) in [6.45, 7) is 5.96. The van der Waals surface area contributed by atoms with E-state index in [4.69, 9.17) is 0 Å². The van der Waals surface area contributed by atoms with E-state index in [0.29, 0.717) is 58.4 Å². The molecule has 3 N–H and O–H groups in total. The Morgan fingerprint density at radius 2 is 1.91 bits per heavy atom. The van der Waals surface area contributed by atoms with Gasteiger partial charge in [-0.05, 0) is 61.1 Å². The van der Waals surface area contributed by atoms with Crippen LogP contribution in [0, 0.1) is 0 Å². The Morgan fingerprint density at radius 3 is 2.52 bits per heavy atom. The molecule has 1 aliphatic rings. The maximum atomic E-state index is 13.0. The predicted octanol–water partition coefficient (Wildman–Crippen LogP) is 2.77. The molecule has 3 heterocycles. The molecule has 4 rings (SSSR count). The van der Waals surface area contributed by atoms with Crippen LogP contribution in [-0.2, 0) is 10.0 Å². The molecule has 0 atom stereocenters. The van der Waals surface area contributed by atoms with Crippen LogP contribution in [0.1, 0.15) is 24.2 Å². The number of pyridine rings is 1. The summed E-state index contributed by atoms with van der Waals surface area (Å²) in [5, 5.41) is 14.0. The van der Waals surface area contributed by atoms with E-state index in [9.17, 15) is 18.3 Å². The van der Waals surface area contributed by atoms with Crippen molar-refractivity contribution < 1.29 is 18.3 Å². The van der Waals surface area contributed by atoms with Crippen molar-refractivity contribution >= 4 is 42.8 Å². The molecule has 0 spiro atoms. The number of fused-ring (bicyclic) bond motifs is 1. The fourth-order valence-corrected chi connectivity index (χ4v) is 5.72. The summed E-state index contributed by atoms with van der Waals surface area (Å²) in [6.07, 6.45) is 1.31. The van der Waals surface area contributed by atoms with Crippen LogP contribution in [-0.4, -0.2) is 77.9 Å². The second-order valence-corrected chi connectivity index (χ2v) is 11.2. The van der Waals surface area contributed by atoms with Crippen LogP contribution in [0.5, 0.6) is 5.88 Å². The van der Waals surface area contributed by atoms with Crippen molar-refractivity contribution in [2.45, 2.75) is 24.8 Å². The zero-order chi connectivity index (χ0) is 23.9. The molecule has 1 fully saturated rings. The van der Waals surface area contributed by atoms with Gasteiger partial charge in [-0.1, -0.05) is 0 Å². The van der Waals surface area contributed by atoms with E-state index in [1.54, 1.807) is 18.2 Å². The summed E-state index contributed by atoms with van der Waals surface area (Å²) >= 11 is 3.42. The third kappa shape index (κ3) is 4.63. The number of hydrogen-bond acceptors (Lipinski definition) is 6. The van der Waals surface area contributed by atoms with Crippen molar-refractivity contribution in [3.05, 3.63) is 40.5 Å². The molecule has 0 unspecified atom stereocenters. The molecule has 1 saturated heterocycles. The van der Waals surface area contributed by atoms with Gasteiger partial charge in [0.1, 0.15) is 4.90 Å². The number of aromatic nitrogens is 2. The lowest BCUT2D eigenvalue weighted by atomic mass is 10.1. The first kappa shape index (κ1) is 23.7. The molecular weight excluding hydrogens is 510 g/mol. The van der Waals surface area contributed by atoms with Gasteiger partial charge >= 0.3 is 0 Å². The predicted molar refractivity (Wildman–Crippen MR) is 130 cm³/mol. The number of carbonyl (C=O) groups excluding carboxylic acids is 1. The number of rotatable bonds is 5. The van der Waals surface area contributed by atoms with Gasteiger partial charge in [-0.3, -0.25) is 9.78 Å². The first-order valence-electron chi connectivity index (χ1n) is 10.6. The molecule has 3 aromatic rings. The Hall–Kier alpha value is -2.47. The van der Waals surface area contributed by atoms with Crippen molar-refractivity contribution in [3.8, 4) is 17.1 Å². The normalized spacial score (nSPS) is 15.9. The zero-order valence-electron chi connectivity index (χ0n) is 18.6. The SMILES string of the molecule is CC(C)NC(=O)c1cc2c(-c3ccc(S(=O)(=O)N4CCN(C)CC4)cn3)c(O)[nH]c2cc1Br. The van der Waals surface area contributed by atoms with E-state index in [0.717, 1.165) is 0 Å². The third-order valence-corrected chi connectivity index (χ3v) is 8.16. The minimum atomic E-state index is -3.64. The summed E-state index contributed by atoms with van der Waals surface area (Å²) in [7, 11) is -1.68. The summed E-state index contributed by atoms with van der Waals surface area (Å²) < 4.78 is 28.0. The van der Waals surface area contributed by atoms with Crippen molar-refractivity contribution in [1.29, 1.82) is 0 Å². The van der Waals surface area contributed by atoms with E-state index < -0.39 is 10.0 Å². The van der Waals surface area contributed by atoms with Crippen molar-refractivity contribution in [2.75, 3.05) is 33.2 Å². The van der Waals surface area contributed by atoms with Gasteiger partial charge in [0.15, 0.2) is 5.88 Å². The molecule has 0 saturated carbocycles. The van der Waals surface area contributed by atoms with Crippen LogP contribution in [0.25, 0.3) is 22.2 Å². The van der Waals surface area contributed by atoms with Crippen molar-refractivity contribution in [2.24, 2.45) is 0 Å². The second kappa shape index (κ2) is 9.05. The third-order valence-electron chi connectivity index (χ3n) is 5.62. The lowest BCUT2D eigenvalue weighted by molar-refractivity contribution is 0.0942. The van der Waals surface area contributed by atoms with Crippen LogP contribution in [0.2, 0.25) is 0 Å². The first-order chi connectivity index (χ1) is 15.6. The summed E-state index contributed by atoms with van der Waals surface area (Å²) in [6, 6.07) is 6.44. The Balaban J connectivity index is 1.70. The van der Waals surface area contributed by atoms with Gasteiger partial charge in [-0.15, -0.1) is 0 Å². The minimum Gasteiger partial charge on any atom is -0.494 e. The summed E-state index contributed by atoms with van der Waals surface area (Å²) in [4.78, 5) is 22.0. The van der Waals surface area contributed by atoms with Gasteiger partial charge in [0.05, 0.1) is 22.3 Å². The van der Waals surface area contributed by atoms with Crippen LogP contribution < -0.4 is 5.32 Å². The molecule has 0 bridgehead atoms. The van der Waals surface area contributed by atoms with E-state index in [1.807, 2.05) is 20.9 Å². The number of benzene rings is 1. The molecule has 1 amide bonds. The standard InChI is InChI=1S/C22H26BrN5O4S/c1-13(2)25-21(29)15-10-16-19(11-17(15)23)26-22(30)20(16)18-5-4-14(12-24-18)33(31,32)28-8-6-27(3)7-9-28/h4-5,10-13,26,30H,6-9H2,1-3H3,(H,25,29).